The summed E-state index contributed by atoms with van der Waals surface area (Å²) in [7, 11) is 0. The fourth-order valence-electron chi connectivity index (χ4n) is 2.88. The maximum Gasteiger partial charge on any atom is 0.233 e. The molecule has 1 fully saturated rings. The van der Waals surface area contributed by atoms with Crippen molar-refractivity contribution in [3.8, 4) is 0 Å². The molecular weight excluding hydrogens is 348 g/mol. The molecule has 0 aliphatic heterocycles. The SMILES string of the molecule is O=C(CSCc1nc2ccccc2s1)N(Cc1ccccc1)C1CC1. The lowest BCUT2D eigenvalue weighted by Gasteiger charge is -2.22. The van der Waals surface area contributed by atoms with Gasteiger partial charge in [0.15, 0.2) is 0 Å². The molecule has 3 aromatic rings. The Bertz CT molecular complexity index is 825. The Morgan fingerprint density at radius 3 is 2.64 bits per heavy atom. The molecule has 3 nitrogen and oxygen atoms in total. The minimum absolute atomic E-state index is 0.248. The Kier molecular flexibility index (Phi) is 5.04. The maximum absolute atomic E-state index is 12.7. The molecule has 0 saturated heterocycles. The quantitative estimate of drug-likeness (QED) is 0.605. The van der Waals surface area contributed by atoms with Crippen LogP contribution in [0.15, 0.2) is 54.6 Å². The number of thiazole rings is 1. The molecule has 1 aliphatic rings. The second-order valence-electron chi connectivity index (χ2n) is 6.31. The van der Waals surface area contributed by atoms with Crippen LogP contribution in [0.1, 0.15) is 23.4 Å². The minimum Gasteiger partial charge on any atom is -0.335 e. The molecule has 0 radical (unpaired) electrons. The van der Waals surface area contributed by atoms with Gasteiger partial charge in [-0.15, -0.1) is 23.1 Å². The molecule has 1 aliphatic carbocycles. The van der Waals surface area contributed by atoms with Gasteiger partial charge in [-0.05, 0) is 30.5 Å². The molecule has 0 atom stereocenters. The van der Waals surface area contributed by atoms with Gasteiger partial charge in [-0.25, -0.2) is 4.98 Å². The van der Waals surface area contributed by atoms with Gasteiger partial charge in [0.05, 0.1) is 16.0 Å². The van der Waals surface area contributed by atoms with Crippen LogP contribution in [0.3, 0.4) is 0 Å². The number of amides is 1. The summed E-state index contributed by atoms with van der Waals surface area (Å²) >= 11 is 3.39. The Morgan fingerprint density at radius 1 is 1.12 bits per heavy atom. The van der Waals surface area contributed by atoms with E-state index in [0.717, 1.165) is 35.7 Å². The van der Waals surface area contributed by atoms with Gasteiger partial charge in [0.25, 0.3) is 0 Å². The number of rotatable bonds is 7. The molecule has 0 bridgehead atoms. The number of para-hydroxylation sites is 1. The third kappa shape index (κ3) is 4.22. The van der Waals surface area contributed by atoms with Crippen LogP contribution >= 0.6 is 23.1 Å². The van der Waals surface area contributed by atoms with Crippen LogP contribution in [-0.2, 0) is 17.1 Å². The maximum atomic E-state index is 12.7. The summed E-state index contributed by atoms with van der Waals surface area (Å²) in [6.45, 7) is 0.728. The highest BCUT2D eigenvalue weighted by atomic mass is 32.2. The van der Waals surface area contributed by atoms with Gasteiger partial charge in [-0.3, -0.25) is 4.79 Å². The van der Waals surface area contributed by atoms with Crippen LogP contribution < -0.4 is 0 Å². The summed E-state index contributed by atoms with van der Waals surface area (Å²) in [4.78, 5) is 19.4. The Hall–Kier alpha value is -1.85. The van der Waals surface area contributed by atoms with Crippen molar-refractivity contribution in [3.63, 3.8) is 0 Å². The molecule has 1 aromatic heterocycles. The molecule has 128 valence electrons. The van der Waals surface area contributed by atoms with Crippen LogP contribution in [-0.4, -0.2) is 27.6 Å². The molecule has 0 spiro atoms. The van der Waals surface area contributed by atoms with Crippen molar-refractivity contribution in [2.45, 2.75) is 31.2 Å². The summed E-state index contributed by atoms with van der Waals surface area (Å²) in [5.74, 6) is 1.58. The smallest absolute Gasteiger partial charge is 0.233 e. The molecule has 2 aromatic carbocycles. The van der Waals surface area contributed by atoms with Gasteiger partial charge >= 0.3 is 0 Å². The van der Waals surface area contributed by atoms with Gasteiger partial charge in [0, 0.05) is 18.3 Å². The van der Waals surface area contributed by atoms with Crippen molar-refractivity contribution in [1.29, 1.82) is 0 Å². The molecule has 4 rings (SSSR count). The minimum atomic E-state index is 0.248. The molecule has 5 heteroatoms. The van der Waals surface area contributed by atoms with Crippen LogP contribution in [0, 0.1) is 0 Å². The number of nitrogens with zero attached hydrogens (tertiary/aromatic N) is 2. The number of fused-ring (bicyclic) bond motifs is 1. The Labute approximate surface area is 156 Å². The van der Waals surface area contributed by atoms with Crippen LogP contribution in [0.5, 0.6) is 0 Å². The van der Waals surface area contributed by atoms with Gasteiger partial charge in [0.2, 0.25) is 5.91 Å². The van der Waals surface area contributed by atoms with E-state index in [1.165, 1.54) is 10.3 Å². The van der Waals surface area contributed by atoms with E-state index < -0.39 is 0 Å². The first kappa shape index (κ1) is 16.6. The molecule has 0 N–H and O–H groups in total. The second-order valence-corrected chi connectivity index (χ2v) is 8.41. The zero-order chi connectivity index (χ0) is 17.1. The normalized spacial score (nSPS) is 13.9. The Morgan fingerprint density at radius 2 is 1.88 bits per heavy atom. The fourth-order valence-corrected chi connectivity index (χ4v) is 4.81. The first-order valence-corrected chi connectivity index (χ1v) is 10.5. The van der Waals surface area contributed by atoms with E-state index in [0.29, 0.717) is 11.8 Å². The predicted octanol–water partition coefficient (Wildman–Crippen LogP) is 4.72. The largest absolute Gasteiger partial charge is 0.335 e. The number of hydrogen-bond donors (Lipinski definition) is 0. The van der Waals surface area contributed by atoms with E-state index in [-0.39, 0.29) is 5.91 Å². The van der Waals surface area contributed by atoms with E-state index in [9.17, 15) is 4.79 Å². The highest BCUT2D eigenvalue weighted by molar-refractivity contribution is 7.99. The summed E-state index contributed by atoms with van der Waals surface area (Å²) < 4.78 is 1.22. The van der Waals surface area contributed by atoms with Gasteiger partial charge < -0.3 is 4.90 Å². The van der Waals surface area contributed by atoms with E-state index >= 15 is 0 Å². The van der Waals surface area contributed by atoms with Crippen LogP contribution in [0.25, 0.3) is 10.2 Å². The Balaban J connectivity index is 1.33. The van der Waals surface area contributed by atoms with Crippen molar-refractivity contribution in [3.05, 3.63) is 65.2 Å². The predicted molar refractivity (Wildman–Crippen MR) is 106 cm³/mol. The summed E-state index contributed by atoms with van der Waals surface area (Å²) in [6, 6.07) is 18.9. The molecule has 1 saturated carbocycles. The van der Waals surface area contributed by atoms with Crippen LogP contribution in [0.2, 0.25) is 0 Å². The second kappa shape index (κ2) is 7.58. The van der Waals surface area contributed by atoms with Crippen molar-refractivity contribution in [2.75, 3.05) is 5.75 Å². The zero-order valence-corrected chi connectivity index (χ0v) is 15.6. The topological polar surface area (TPSA) is 33.2 Å². The highest BCUT2D eigenvalue weighted by Crippen LogP contribution is 2.30. The van der Waals surface area contributed by atoms with Crippen molar-refractivity contribution < 1.29 is 4.79 Å². The van der Waals surface area contributed by atoms with Gasteiger partial charge in [0.1, 0.15) is 5.01 Å². The summed E-state index contributed by atoms with van der Waals surface area (Å²) in [5.41, 5.74) is 2.26. The molecule has 0 unspecified atom stereocenters. The molecular formula is C20H20N2OS2. The van der Waals surface area contributed by atoms with E-state index in [1.807, 2.05) is 36.4 Å². The van der Waals surface area contributed by atoms with E-state index in [4.69, 9.17) is 0 Å². The number of carbonyl (C=O) groups is 1. The van der Waals surface area contributed by atoms with E-state index in [2.05, 4.69) is 28.1 Å². The number of carbonyl (C=O) groups excluding carboxylic acids is 1. The zero-order valence-electron chi connectivity index (χ0n) is 13.9. The van der Waals surface area contributed by atoms with E-state index in [1.54, 1.807) is 23.1 Å². The average Bonchev–Trinajstić information content (AvgIpc) is 3.39. The summed E-state index contributed by atoms with van der Waals surface area (Å²) in [5, 5.41) is 1.10. The molecule has 1 heterocycles. The highest BCUT2D eigenvalue weighted by Gasteiger charge is 2.32. The lowest BCUT2D eigenvalue weighted by Crippen LogP contribution is -2.34. The monoisotopic (exact) mass is 368 g/mol. The summed E-state index contributed by atoms with van der Waals surface area (Å²) in [6.07, 6.45) is 2.28. The first-order chi connectivity index (χ1) is 12.3. The van der Waals surface area contributed by atoms with Crippen molar-refractivity contribution >= 4 is 39.2 Å². The number of benzene rings is 2. The fraction of sp³-hybridized carbons (Fsp3) is 0.300. The van der Waals surface area contributed by atoms with Gasteiger partial charge in [-0.2, -0.15) is 0 Å². The third-order valence-electron chi connectivity index (χ3n) is 4.29. The molecule has 25 heavy (non-hydrogen) atoms. The standard InChI is InChI=1S/C20H20N2OS2/c23-20(22(16-10-11-16)12-15-6-2-1-3-7-15)14-24-13-19-21-17-8-4-5-9-18(17)25-19/h1-9,16H,10-14H2. The molecule has 1 amide bonds. The average molecular weight is 369 g/mol. The first-order valence-electron chi connectivity index (χ1n) is 8.55. The van der Waals surface area contributed by atoms with Crippen LogP contribution in [0.4, 0.5) is 0 Å². The lowest BCUT2D eigenvalue weighted by molar-refractivity contribution is -0.129. The lowest BCUT2D eigenvalue weighted by atomic mass is 10.2. The third-order valence-corrected chi connectivity index (χ3v) is 6.44. The van der Waals surface area contributed by atoms with Crippen molar-refractivity contribution in [2.24, 2.45) is 0 Å². The van der Waals surface area contributed by atoms with Gasteiger partial charge in [-0.1, -0.05) is 42.5 Å². The van der Waals surface area contributed by atoms with Crippen molar-refractivity contribution in [1.82, 2.24) is 9.88 Å². The number of aromatic nitrogens is 1. The number of hydrogen-bond acceptors (Lipinski definition) is 4. The number of thioether (sulfide) groups is 1.